The Kier molecular flexibility index (Phi) is 8.76. The molecule has 2 atom stereocenters. The lowest BCUT2D eigenvalue weighted by Gasteiger charge is -2.17. The number of alkyl carbamates (subject to hydrolysis) is 1. The Hall–Kier alpha value is -3.46. The third kappa shape index (κ3) is 8.27. The van der Waals surface area contributed by atoms with Gasteiger partial charge in [0.1, 0.15) is 18.5 Å². The highest BCUT2D eigenvalue weighted by Gasteiger charge is 2.22. The highest BCUT2D eigenvalue weighted by Crippen LogP contribution is 2.07. The van der Waals surface area contributed by atoms with Gasteiger partial charge in [-0.15, -0.1) is 0 Å². The Morgan fingerprint density at radius 2 is 1.67 bits per heavy atom. The maximum Gasteiger partial charge on any atom is 0.407 e. The quantitative estimate of drug-likeness (QED) is 0.465. The van der Waals surface area contributed by atoms with Crippen molar-refractivity contribution >= 4 is 18.0 Å². The highest BCUT2D eigenvalue weighted by molar-refractivity contribution is 5.84. The largest absolute Gasteiger partial charge is 0.480 e. The molecule has 0 heterocycles. The maximum atomic E-state index is 12.9. The number of hydrogen-bond donors (Lipinski definition) is 4. The average Bonchev–Trinajstić information content (AvgIpc) is 2.72. The van der Waals surface area contributed by atoms with E-state index in [0.29, 0.717) is 5.56 Å². The topological polar surface area (TPSA) is 125 Å². The summed E-state index contributed by atoms with van der Waals surface area (Å²) in [6.45, 7) is -0.177. The minimum Gasteiger partial charge on any atom is -0.480 e. The van der Waals surface area contributed by atoms with E-state index in [1.807, 2.05) is 6.07 Å². The van der Waals surface area contributed by atoms with Crippen LogP contribution in [0.1, 0.15) is 17.5 Å². The number of amides is 2. The number of aliphatic carboxylic acids is 1. The molecular weight excluding hydrogens is 395 g/mol. The molecule has 0 aliphatic carbocycles. The van der Waals surface area contributed by atoms with E-state index in [9.17, 15) is 29.0 Å². The van der Waals surface area contributed by atoms with E-state index < -0.39 is 42.4 Å². The smallest absolute Gasteiger partial charge is 0.407 e. The zero-order valence-corrected chi connectivity index (χ0v) is 16.1. The standard InChI is InChI=1S/C21H23FN2O6/c22-16-8-6-14(7-9-16)10-18(20(27)28)24-19(26)11-17(25)12-23-21(29)30-13-15-4-2-1-3-5-15/h1-9,17-18,25H,10-13H2,(H,23,29)(H,24,26)(H,27,28)/t17-,18+/m1/s1. The summed E-state index contributed by atoms with van der Waals surface area (Å²) in [6, 6.07) is 13.0. The first-order valence-corrected chi connectivity index (χ1v) is 9.22. The summed E-state index contributed by atoms with van der Waals surface area (Å²) in [7, 11) is 0. The van der Waals surface area contributed by atoms with Gasteiger partial charge in [-0.05, 0) is 23.3 Å². The van der Waals surface area contributed by atoms with Crippen molar-refractivity contribution in [3.8, 4) is 0 Å². The molecule has 8 nitrogen and oxygen atoms in total. The van der Waals surface area contributed by atoms with Gasteiger partial charge < -0.3 is 25.6 Å². The van der Waals surface area contributed by atoms with Crippen LogP contribution in [0.4, 0.5) is 9.18 Å². The summed E-state index contributed by atoms with van der Waals surface area (Å²) in [6.07, 6.45) is -2.43. The lowest BCUT2D eigenvalue weighted by atomic mass is 10.1. The van der Waals surface area contributed by atoms with E-state index in [-0.39, 0.29) is 19.6 Å². The molecule has 160 valence electrons. The molecule has 2 aromatic rings. The third-order valence-electron chi connectivity index (χ3n) is 4.10. The van der Waals surface area contributed by atoms with E-state index in [1.54, 1.807) is 24.3 Å². The molecule has 30 heavy (non-hydrogen) atoms. The molecule has 0 bridgehead atoms. The Morgan fingerprint density at radius 1 is 1.00 bits per heavy atom. The van der Waals surface area contributed by atoms with E-state index >= 15 is 0 Å². The minimum absolute atomic E-state index is 0.0402. The Morgan fingerprint density at radius 3 is 2.30 bits per heavy atom. The normalized spacial score (nSPS) is 12.5. The number of carbonyl (C=O) groups excluding carboxylic acids is 2. The van der Waals surface area contributed by atoms with Gasteiger partial charge in [-0.3, -0.25) is 4.79 Å². The number of carboxylic acid groups (broad SMARTS) is 1. The zero-order chi connectivity index (χ0) is 21.9. The van der Waals surface area contributed by atoms with Gasteiger partial charge in [0.2, 0.25) is 5.91 Å². The highest BCUT2D eigenvalue weighted by atomic mass is 19.1. The van der Waals surface area contributed by atoms with Crippen molar-refractivity contribution in [3.63, 3.8) is 0 Å². The molecule has 0 fully saturated rings. The van der Waals surface area contributed by atoms with Crippen molar-refractivity contribution in [2.45, 2.75) is 31.6 Å². The van der Waals surface area contributed by atoms with Crippen LogP contribution in [0.5, 0.6) is 0 Å². The SMILES string of the molecule is O=C(C[C@@H](O)CNC(=O)OCc1ccccc1)N[C@@H](Cc1ccc(F)cc1)C(=O)O. The molecule has 2 rings (SSSR count). The van der Waals surface area contributed by atoms with Crippen molar-refractivity contribution < 1.29 is 33.7 Å². The molecule has 2 amide bonds. The molecule has 0 unspecified atom stereocenters. The average molecular weight is 418 g/mol. The monoisotopic (exact) mass is 418 g/mol. The predicted octanol–water partition coefficient (Wildman–Crippen LogP) is 1.61. The van der Waals surface area contributed by atoms with E-state index in [0.717, 1.165) is 5.56 Å². The maximum absolute atomic E-state index is 12.9. The summed E-state index contributed by atoms with van der Waals surface area (Å²) < 4.78 is 17.9. The first-order chi connectivity index (χ1) is 14.3. The third-order valence-corrected chi connectivity index (χ3v) is 4.10. The van der Waals surface area contributed by atoms with E-state index in [1.165, 1.54) is 24.3 Å². The summed E-state index contributed by atoms with van der Waals surface area (Å²) in [4.78, 5) is 35.1. The van der Waals surface area contributed by atoms with E-state index in [4.69, 9.17) is 4.74 Å². The van der Waals surface area contributed by atoms with Gasteiger partial charge in [-0.2, -0.15) is 0 Å². The number of carbonyl (C=O) groups is 3. The Balaban J connectivity index is 1.73. The first kappa shape index (κ1) is 22.8. The van der Waals surface area contributed by atoms with Crippen molar-refractivity contribution in [2.24, 2.45) is 0 Å². The second-order valence-corrected chi connectivity index (χ2v) is 6.59. The molecule has 0 aliphatic rings. The van der Waals surface area contributed by atoms with Crippen LogP contribution in [-0.2, 0) is 27.4 Å². The van der Waals surface area contributed by atoms with Crippen LogP contribution >= 0.6 is 0 Å². The molecular formula is C21H23FN2O6. The number of rotatable bonds is 10. The number of benzene rings is 2. The fourth-order valence-electron chi connectivity index (χ4n) is 2.57. The zero-order valence-electron chi connectivity index (χ0n) is 16.1. The van der Waals surface area contributed by atoms with Crippen molar-refractivity contribution in [2.75, 3.05) is 6.54 Å². The number of hydrogen-bond acceptors (Lipinski definition) is 5. The van der Waals surface area contributed by atoms with Gasteiger partial charge in [0.25, 0.3) is 0 Å². The number of nitrogens with one attached hydrogen (secondary N) is 2. The second-order valence-electron chi connectivity index (χ2n) is 6.59. The Bertz CT molecular complexity index is 844. The van der Waals surface area contributed by atoms with E-state index in [2.05, 4.69) is 10.6 Å². The molecule has 0 aromatic heterocycles. The van der Waals surface area contributed by atoms with Gasteiger partial charge in [0.15, 0.2) is 0 Å². The molecule has 4 N–H and O–H groups in total. The summed E-state index contributed by atoms with van der Waals surface area (Å²) in [5.74, 6) is -2.41. The summed E-state index contributed by atoms with van der Waals surface area (Å²) in [5, 5.41) is 23.8. The van der Waals surface area contributed by atoms with Crippen LogP contribution in [0.2, 0.25) is 0 Å². The van der Waals surface area contributed by atoms with Crippen LogP contribution < -0.4 is 10.6 Å². The number of halogens is 1. The van der Waals surface area contributed by atoms with Crippen LogP contribution in [0.25, 0.3) is 0 Å². The van der Waals surface area contributed by atoms with Gasteiger partial charge >= 0.3 is 12.1 Å². The van der Waals surface area contributed by atoms with Crippen LogP contribution in [-0.4, -0.2) is 46.9 Å². The molecule has 0 radical (unpaired) electrons. The molecule has 0 saturated carbocycles. The lowest BCUT2D eigenvalue weighted by molar-refractivity contribution is -0.142. The number of ether oxygens (including phenoxy) is 1. The molecule has 9 heteroatoms. The van der Waals surface area contributed by atoms with Crippen molar-refractivity contribution in [1.29, 1.82) is 0 Å². The molecule has 0 spiro atoms. The van der Waals surface area contributed by atoms with Gasteiger partial charge in [-0.25, -0.2) is 14.0 Å². The second kappa shape index (κ2) is 11.5. The summed E-state index contributed by atoms with van der Waals surface area (Å²) in [5.41, 5.74) is 1.33. The van der Waals surface area contributed by atoms with Crippen LogP contribution in [0.3, 0.4) is 0 Å². The number of aliphatic hydroxyl groups excluding tert-OH is 1. The van der Waals surface area contributed by atoms with Gasteiger partial charge in [0.05, 0.1) is 12.5 Å². The summed E-state index contributed by atoms with van der Waals surface area (Å²) >= 11 is 0. The van der Waals surface area contributed by atoms with Crippen molar-refractivity contribution in [1.82, 2.24) is 10.6 Å². The fraction of sp³-hybridized carbons (Fsp3) is 0.286. The van der Waals surface area contributed by atoms with Crippen LogP contribution in [0.15, 0.2) is 54.6 Å². The predicted molar refractivity (Wildman–Crippen MR) is 105 cm³/mol. The van der Waals surface area contributed by atoms with Gasteiger partial charge in [0, 0.05) is 13.0 Å². The van der Waals surface area contributed by atoms with Gasteiger partial charge in [-0.1, -0.05) is 42.5 Å². The first-order valence-electron chi connectivity index (χ1n) is 9.22. The molecule has 0 aliphatic heterocycles. The molecule has 0 saturated heterocycles. The number of aliphatic hydroxyl groups is 1. The fourth-order valence-corrected chi connectivity index (χ4v) is 2.57. The minimum atomic E-state index is -1.26. The van der Waals surface area contributed by atoms with Crippen molar-refractivity contribution in [3.05, 3.63) is 71.5 Å². The Labute approximate surface area is 172 Å². The van der Waals surface area contributed by atoms with Crippen LogP contribution in [0, 0.1) is 5.82 Å². The number of carboxylic acids is 1. The lowest BCUT2D eigenvalue weighted by Crippen LogP contribution is -2.44. The molecule has 2 aromatic carbocycles.